The fourth-order valence-electron chi connectivity index (χ4n) is 1.84. The lowest BCUT2D eigenvalue weighted by Crippen LogP contribution is -2.29. The molecule has 0 saturated heterocycles. The van der Waals surface area contributed by atoms with Crippen LogP contribution in [0.15, 0.2) is 52.0 Å². The van der Waals surface area contributed by atoms with E-state index < -0.39 is 21.1 Å². The molecule has 5 nitrogen and oxygen atoms in total. The van der Waals surface area contributed by atoms with Crippen LogP contribution in [-0.2, 0) is 19.4 Å². The summed E-state index contributed by atoms with van der Waals surface area (Å²) in [5, 5.41) is -1.23. The first kappa shape index (κ1) is 15.3. The highest BCUT2D eigenvalue weighted by atomic mass is 32.2. The fourth-order valence-corrected chi connectivity index (χ4v) is 3.09. The smallest absolute Gasteiger partial charge is 0.324 e. The topological polar surface area (TPSA) is 73.6 Å². The first-order valence-corrected chi connectivity index (χ1v) is 8.06. The Kier molecular flexibility index (Phi) is 4.47. The molecule has 0 spiro atoms. The summed E-state index contributed by atoms with van der Waals surface area (Å²) in [4.78, 5) is 11.7. The lowest BCUT2D eigenvalue weighted by Gasteiger charge is -2.12. The quantitative estimate of drug-likeness (QED) is 0.794. The van der Waals surface area contributed by atoms with Crippen LogP contribution in [0.25, 0.3) is 11.3 Å². The maximum Gasteiger partial charge on any atom is 0.324 e. The van der Waals surface area contributed by atoms with E-state index in [2.05, 4.69) is 0 Å². The summed E-state index contributed by atoms with van der Waals surface area (Å²) in [5.41, 5.74) is 0.766. The minimum atomic E-state index is -3.75. The number of rotatable bonds is 5. The molecule has 0 N–H and O–H groups in total. The van der Waals surface area contributed by atoms with E-state index in [9.17, 15) is 13.2 Å². The van der Waals surface area contributed by atoms with Crippen LogP contribution >= 0.6 is 0 Å². The molecule has 112 valence electrons. The SMILES string of the molecule is CCOC(=O)[C@@H](C)S(=O)(=O)c1ccc(-c2ccco2)cc1. The Balaban J connectivity index is 2.27. The molecule has 1 atom stereocenters. The minimum absolute atomic E-state index is 0.0818. The second-order valence-electron chi connectivity index (χ2n) is 4.44. The standard InChI is InChI=1S/C15H16O5S/c1-3-19-15(16)11(2)21(17,18)13-8-6-12(7-9-13)14-5-4-10-20-14/h4-11H,3H2,1-2H3/t11-/m1/s1. The summed E-state index contributed by atoms with van der Waals surface area (Å²) in [5.74, 6) is -0.0926. The number of carbonyl (C=O) groups excluding carboxylic acids is 1. The van der Waals surface area contributed by atoms with E-state index in [1.54, 1.807) is 37.5 Å². The van der Waals surface area contributed by atoms with Crippen LogP contribution in [0.5, 0.6) is 0 Å². The maximum absolute atomic E-state index is 12.3. The molecule has 0 aliphatic carbocycles. The molecule has 21 heavy (non-hydrogen) atoms. The van der Waals surface area contributed by atoms with Gasteiger partial charge in [0.1, 0.15) is 5.76 Å². The summed E-state index contributed by atoms with van der Waals surface area (Å²) in [6.45, 7) is 3.11. The van der Waals surface area contributed by atoms with E-state index in [1.807, 2.05) is 0 Å². The Morgan fingerprint density at radius 1 is 1.24 bits per heavy atom. The summed E-state index contributed by atoms with van der Waals surface area (Å²) >= 11 is 0. The Hall–Kier alpha value is -2.08. The van der Waals surface area contributed by atoms with E-state index in [0.717, 1.165) is 5.56 Å². The molecular formula is C15H16O5S. The van der Waals surface area contributed by atoms with Gasteiger partial charge in [-0.25, -0.2) is 8.42 Å². The van der Waals surface area contributed by atoms with Crippen molar-refractivity contribution >= 4 is 15.8 Å². The van der Waals surface area contributed by atoms with E-state index in [1.165, 1.54) is 19.1 Å². The van der Waals surface area contributed by atoms with Gasteiger partial charge in [-0.15, -0.1) is 0 Å². The highest BCUT2D eigenvalue weighted by Gasteiger charge is 2.30. The highest BCUT2D eigenvalue weighted by molar-refractivity contribution is 7.92. The zero-order valence-electron chi connectivity index (χ0n) is 11.8. The molecule has 0 amide bonds. The summed E-state index contributed by atoms with van der Waals surface area (Å²) < 4.78 is 34.6. The molecule has 2 rings (SSSR count). The number of sulfone groups is 1. The molecule has 0 unspecified atom stereocenters. The number of ether oxygens (including phenoxy) is 1. The average Bonchev–Trinajstić information content (AvgIpc) is 3.01. The monoisotopic (exact) mass is 308 g/mol. The van der Waals surface area contributed by atoms with Gasteiger partial charge in [0.05, 0.1) is 17.8 Å². The van der Waals surface area contributed by atoms with Crippen LogP contribution in [-0.4, -0.2) is 26.2 Å². The molecule has 0 bridgehead atoms. The van der Waals surface area contributed by atoms with Crippen molar-refractivity contribution in [3.8, 4) is 11.3 Å². The van der Waals surface area contributed by atoms with E-state index in [0.29, 0.717) is 5.76 Å². The molecule has 2 aromatic rings. The van der Waals surface area contributed by atoms with Crippen molar-refractivity contribution in [2.24, 2.45) is 0 Å². The number of benzene rings is 1. The average molecular weight is 308 g/mol. The third-order valence-electron chi connectivity index (χ3n) is 3.07. The van der Waals surface area contributed by atoms with Crippen LogP contribution in [0.4, 0.5) is 0 Å². The first-order valence-electron chi connectivity index (χ1n) is 6.51. The van der Waals surface area contributed by atoms with Crippen LogP contribution < -0.4 is 0 Å². The zero-order chi connectivity index (χ0) is 15.5. The second-order valence-corrected chi connectivity index (χ2v) is 6.71. The van der Waals surface area contributed by atoms with Gasteiger partial charge >= 0.3 is 5.97 Å². The normalized spacial score (nSPS) is 12.9. The molecule has 0 saturated carbocycles. The third-order valence-corrected chi connectivity index (χ3v) is 5.13. The lowest BCUT2D eigenvalue weighted by atomic mass is 10.2. The summed E-state index contributed by atoms with van der Waals surface area (Å²) in [7, 11) is -3.75. The van der Waals surface area contributed by atoms with Crippen molar-refractivity contribution in [1.82, 2.24) is 0 Å². The van der Waals surface area contributed by atoms with Crippen molar-refractivity contribution in [3.05, 3.63) is 42.7 Å². The maximum atomic E-state index is 12.3. The highest BCUT2D eigenvalue weighted by Crippen LogP contribution is 2.23. The zero-order valence-corrected chi connectivity index (χ0v) is 12.6. The molecule has 1 heterocycles. The van der Waals surface area contributed by atoms with Gasteiger partial charge in [-0.05, 0) is 50.2 Å². The second kappa shape index (κ2) is 6.13. The fraction of sp³-hybridized carbons (Fsp3) is 0.267. The molecular weight excluding hydrogens is 292 g/mol. The molecule has 1 aromatic heterocycles. The molecule has 0 fully saturated rings. The Labute approximate surface area is 123 Å². The van der Waals surface area contributed by atoms with Crippen LogP contribution in [0.3, 0.4) is 0 Å². The largest absolute Gasteiger partial charge is 0.465 e. The van der Waals surface area contributed by atoms with E-state index in [4.69, 9.17) is 9.15 Å². The van der Waals surface area contributed by atoms with Crippen molar-refractivity contribution in [2.45, 2.75) is 24.0 Å². The van der Waals surface area contributed by atoms with E-state index in [-0.39, 0.29) is 11.5 Å². The number of hydrogen-bond acceptors (Lipinski definition) is 5. The predicted octanol–water partition coefficient (Wildman–Crippen LogP) is 2.67. The van der Waals surface area contributed by atoms with E-state index >= 15 is 0 Å². The number of carbonyl (C=O) groups is 1. The first-order chi connectivity index (χ1) is 9.96. The molecule has 0 aliphatic heterocycles. The summed E-state index contributed by atoms with van der Waals surface area (Å²) in [6.07, 6.45) is 1.54. The molecule has 6 heteroatoms. The van der Waals surface area contributed by atoms with Gasteiger partial charge in [-0.2, -0.15) is 0 Å². The van der Waals surface area contributed by atoms with Gasteiger partial charge in [0.15, 0.2) is 15.1 Å². The van der Waals surface area contributed by atoms with Gasteiger partial charge in [0.25, 0.3) is 0 Å². The van der Waals surface area contributed by atoms with Gasteiger partial charge in [-0.1, -0.05) is 0 Å². The number of hydrogen-bond donors (Lipinski definition) is 0. The number of furan rings is 1. The number of esters is 1. The summed E-state index contributed by atoms with van der Waals surface area (Å²) in [6, 6.07) is 9.74. The van der Waals surface area contributed by atoms with Crippen LogP contribution in [0.1, 0.15) is 13.8 Å². The van der Waals surface area contributed by atoms with Gasteiger partial charge in [-0.3, -0.25) is 4.79 Å². The minimum Gasteiger partial charge on any atom is -0.465 e. The van der Waals surface area contributed by atoms with Gasteiger partial charge < -0.3 is 9.15 Å². The molecule has 0 aliphatic rings. The van der Waals surface area contributed by atoms with Gasteiger partial charge in [0.2, 0.25) is 0 Å². The molecule has 1 aromatic carbocycles. The third kappa shape index (κ3) is 3.16. The Morgan fingerprint density at radius 2 is 1.90 bits per heavy atom. The van der Waals surface area contributed by atoms with Crippen molar-refractivity contribution in [2.75, 3.05) is 6.61 Å². The van der Waals surface area contributed by atoms with Gasteiger partial charge in [0, 0.05) is 5.56 Å². The molecule has 0 radical (unpaired) electrons. The lowest BCUT2D eigenvalue weighted by molar-refractivity contribution is -0.142. The Bertz CT molecular complexity index is 699. The Morgan fingerprint density at radius 3 is 2.43 bits per heavy atom. The van der Waals surface area contributed by atoms with Crippen LogP contribution in [0.2, 0.25) is 0 Å². The van der Waals surface area contributed by atoms with Crippen LogP contribution in [0, 0.1) is 0 Å². The predicted molar refractivity (Wildman–Crippen MR) is 77.4 cm³/mol. The van der Waals surface area contributed by atoms with Crippen molar-refractivity contribution < 1.29 is 22.4 Å². The van der Waals surface area contributed by atoms with Crippen molar-refractivity contribution in [1.29, 1.82) is 0 Å². The van der Waals surface area contributed by atoms with Crippen molar-refractivity contribution in [3.63, 3.8) is 0 Å².